The first-order valence-corrected chi connectivity index (χ1v) is 8.35. The van der Waals surface area contributed by atoms with Gasteiger partial charge in [-0.05, 0) is 13.8 Å². The number of Topliss-reactive ketones (excluding diaryl/α,β-unsaturated/α-hetero) is 1. The third-order valence-electron chi connectivity index (χ3n) is 2.19. The summed E-state index contributed by atoms with van der Waals surface area (Å²) >= 11 is 0. The zero-order chi connectivity index (χ0) is 17.8. The van der Waals surface area contributed by atoms with Gasteiger partial charge in [-0.2, -0.15) is 0 Å². The molecule has 1 rings (SSSR count). The maximum absolute atomic E-state index is 12.0. The molecule has 0 aromatic heterocycles. The van der Waals surface area contributed by atoms with E-state index in [0.29, 0.717) is 5.57 Å². The third kappa shape index (κ3) is 11.9. The van der Waals surface area contributed by atoms with Gasteiger partial charge in [-0.25, -0.2) is 0 Å². The standard InChI is InChI=1S/C15H16O.3C2H6/c1-3-5-7-10-13(4-2)15(16)14-11-8-6-9-12-14;3*1-2/h3-12H,1-2H3;3*1-2H3/b5-3-,10-7-,13-4+;;;. The predicted octanol–water partition coefficient (Wildman–Crippen LogP) is 7.03. The molecule has 0 saturated carbocycles. The van der Waals surface area contributed by atoms with E-state index in [9.17, 15) is 4.79 Å². The van der Waals surface area contributed by atoms with E-state index in [-0.39, 0.29) is 5.78 Å². The lowest BCUT2D eigenvalue weighted by Gasteiger charge is -2.00. The van der Waals surface area contributed by atoms with Gasteiger partial charge in [0.25, 0.3) is 0 Å². The fourth-order valence-electron chi connectivity index (χ4n) is 1.33. The molecule has 22 heavy (non-hydrogen) atoms. The van der Waals surface area contributed by atoms with E-state index in [1.165, 1.54) is 0 Å². The van der Waals surface area contributed by atoms with Gasteiger partial charge in [0.1, 0.15) is 0 Å². The largest absolute Gasteiger partial charge is 0.289 e. The van der Waals surface area contributed by atoms with E-state index >= 15 is 0 Å². The number of ketones is 1. The van der Waals surface area contributed by atoms with Gasteiger partial charge in [-0.15, -0.1) is 0 Å². The maximum Gasteiger partial charge on any atom is 0.192 e. The van der Waals surface area contributed by atoms with Gasteiger partial charge in [0.05, 0.1) is 0 Å². The zero-order valence-corrected chi connectivity index (χ0v) is 15.7. The Labute approximate surface area is 138 Å². The van der Waals surface area contributed by atoms with Crippen LogP contribution in [0.5, 0.6) is 0 Å². The first-order valence-electron chi connectivity index (χ1n) is 8.35. The summed E-state index contributed by atoms with van der Waals surface area (Å²) in [5.41, 5.74) is 1.44. The molecule has 1 aromatic carbocycles. The SMILES string of the molecule is CC.CC.CC.C\C=C/C=C\C(=C/C)C(=O)c1ccccc1. The molecule has 1 aromatic rings. The van der Waals surface area contributed by atoms with Crippen LogP contribution in [0.25, 0.3) is 0 Å². The van der Waals surface area contributed by atoms with Crippen LogP contribution in [0.2, 0.25) is 0 Å². The fourth-order valence-corrected chi connectivity index (χ4v) is 1.33. The average Bonchev–Trinajstić information content (AvgIpc) is 2.64. The Kier molecular flexibility index (Phi) is 24.4. The van der Waals surface area contributed by atoms with Crippen molar-refractivity contribution in [2.75, 3.05) is 0 Å². The number of benzene rings is 1. The van der Waals surface area contributed by atoms with Crippen molar-refractivity contribution in [1.29, 1.82) is 0 Å². The third-order valence-corrected chi connectivity index (χ3v) is 2.19. The van der Waals surface area contributed by atoms with Gasteiger partial charge in [0.2, 0.25) is 0 Å². The minimum absolute atomic E-state index is 0.0591. The highest BCUT2D eigenvalue weighted by atomic mass is 16.1. The molecule has 124 valence electrons. The fraction of sp³-hybridized carbons (Fsp3) is 0.381. The van der Waals surface area contributed by atoms with Gasteiger partial charge in [0, 0.05) is 11.1 Å². The van der Waals surface area contributed by atoms with Crippen LogP contribution in [0.3, 0.4) is 0 Å². The Morgan fingerprint density at radius 3 is 1.73 bits per heavy atom. The minimum atomic E-state index is 0.0591. The van der Waals surface area contributed by atoms with Crippen molar-refractivity contribution < 1.29 is 4.79 Å². The molecule has 0 aliphatic heterocycles. The zero-order valence-electron chi connectivity index (χ0n) is 15.7. The molecule has 0 radical (unpaired) electrons. The van der Waals surface area contributed by atoms with E-state index in [1.807, 2.05) is 116 Å². The van der Waals surface area contributed by atoms with Crippen LogP contribution in [0.1, 0.15) is 65.7 Å². The van der Waals surface area contributed by atoms with Crippen molar-refractivity contribution in [1.82, 2.24) is 0 Å². The molecule has 0 saturated heterocycles. The summed E-state index contributed by atoms with van der Waals surface area (Å²) in [7, 11) is 0. The molecule has 0 heterocycles. The average molecular weight is 303 g/mol. The molecule has 0 unspecified atom stereocenters. The Morgan fingerprint density at radius 1 is 0.818 bits per heavy atom. The van der Waals surface area contributed by atoms with Crippen LogP contribution < -0.4 is 0 Å². The maximum atomic E-state index is 12.0. The molecule has 0 spiro atoms. The summed E-state index contributed by atoms with van der Waals surface area (Å²) in [6, 6.07) is 9.30. The number of allylic oxidation sites excluding steroid dienone is 6. The van der Waals surface area contributed by atoms with Crippen molar-refractivity contribution in [3.05, 3.63) is 71.8 Å². The second-order valence-corrected chi connectivity index (χ2v) is 3.32. The van der Waals surface area contributed by atoms with Crippen molar-refractivity contribution >= 4 is 5.78 Å². The summed E-state index contributed by atoms with van der Waals surface area (Å²) in [4.78, 5) is 12.0. The number of rotatable bonds is 4. The number of carbonyl (C=O) groups is 1. The highest BCUT2D eigenvalue weighted by Crippen LogP contribution is 2.09. The molecule has 0 atom stereocenters. The Morgan fingerprint density at radius 2 is 1.32 bits per heavy atom. The van der Waals surface area contributed by atoms with Gasteiger partial charge in [0.15, 0.2) is 5.78 Å². The topological polar surface area (TPSA) is 17.1 Å². The molecule has 0 amide bonds. The summed E-state index contributed by atoms with van der Waals surface area (Å²) in [5.74, 6) is 0.0591. The lowest BCUT2D eigenvalue weighted by atomic mass is 10.0. The van der Waals surface area contributed by atoms with Crippen LogP contribution in [-0.4, -0.2) is 5.78 Å². The monoisotopic (exact) mass is 302 g/mol. The second-order valence-electron chi connectivity index (χ2n) is 3.32. The molecule has 0 bridgehead atoms. The normalized spacial score (nSPS) is 9.91. The van der Waals surface area contributed by atoms with Crippen LogP contribution in [0.4, 0.5) is 0 Å². The van der Waals surface area contributed by atoms with Gasteiger partial charge in [-0.1, -0.05) is 102 Å². The van der Waals surface area contributed by atoms with Crippen LogP contribution in [0.15, 0.2) is 66.3 Å². The first-order chi connectivity index (χ1) is 10.8. The summed E-state index contributed by atoms with van der Waals surface area (Å²) in [6.07, 6.45) is 9.36. The highest BCUT2D eigenvalue weighted by molar-refractivity contribution is 6.10. The van der Waals surface area contributed by atoms with Gasteiger partial charge >= 0.3 is 0 Å². The molecular formula is C21H34O. The van der Waals surface area contributed by atoms with Crippen LogP contribution >= 0.6 is 0 Å². The van der Waals surface area contributed by atoms with Gasteiger partial charge < -0.3 is 0 Å². The van der Waals surface area contributed by atoms with Crippen LogP contribution in [0, 0.1) is 0 Å². The van der Waals surface area contributed by atoms with Crippen molar-refractivity contribution in [3.8, 4) is 0 Å². The van der Waals surface area contributed by atoms with E-state index in [4.69, 9.17) is 0 Å². The van der Waals surface area contributed by atoms with E-state index in [2.05, 4.69) is 0 Å². The Bertz CT molecular complexity index is 422. The first kappa shape index (κ1) is 25.1. The molecule has 0 fully saturated rings. The van der Waals surface area contributed by atoms with E-state index in [1.54, 1.807) is 0 Å². The summed E-state index contributed by atoms with van der Waals surface area (Å²) in [6.45, 7) is 15.8. The van der Waals surface area contributed by atoms with Crippen molar-refractivity contribution in [2.45, 2.75) is 55.4 Å². The van der Waals surface area contributed by atoms with Crippen LogP contribution in [-0.2, 0) is 0 Å². The summed E-state index contributed by atoms with van der Waals surface area (Å²) < 4.78 is 0. The molecular weight excluding hydrogens is 268 g/mol. The van der Waals surface area contributed by atoms with Crippen molar-refractivity contribution in [3.63, 3.8) is 0 Å². The lowest BCUT2D eigenvalue weighted by molar-refractivity contribution is 0.103. The lowest BCUT2D eigenvalue weighted by Crippen LogP contribution is -2.00. The number of hydrogen-bond acceptors (Lipinski definition) is 1. The molecule has 0 aliphatic rings. The Hall–Kier alpha value is -1.89. The molecule has 1 nitrogen and oxygen atoms in total. The second kappa shape index (κ2) is 21.4. The highest BCUT2D eigenvalue weighted by Gasteiger charge is 2.07. The minimum Gasteiger partial charge on any atom is -0.289 e. The smallest absolute Gasteiger partial charge is 0.192 e. The number of hydrogen-bond donors (Lipinski definition) is 0. The Balaban J connectivity index is -0.000000535. The number of carbonyl (C=O) groups excluding carboxylic acids is 1. The van der Waals surface area contributed by atoms with Gasteiger partial charge in [-0.3, -0.25) is 4.79 Å². The molecule has 1 heteroatoms. The molecule has 0 N–H and O–H groups in total. The van der Waals surface area contributed by atoms with E-state index in [0.717, 1.165) is 5.56 Å². The quantitative estimate of drug-likeness (QED) is 0.331. The predicted molar refractivity (Wildman–Crippen MR) is 103 cm³/mol. The van der Waals surface area contributed by atoms with Crippen molar-refractivity contribution in [2.24, 2.45) is 0 Å². The van der Waals surface area contributed by atoms with E-state index < -0.39 is 0 Å². The summed E-state index contributed by atoms with van der Waals surface area (Å²) in [5, 5.41) is 0. The molecule has 0 aliphatic carbocycles.